The third kappa shape index (κ3) is 5.03. The zero-order valence-electron chi connectivity index (χ0n) is 19.0. The van der Waals surface area contributed by atoms with E-state index in [1.54, 1.807) is 10.6 Å². The van der Waals surface area contributed by atoms with Gasteiger partial charge in [-0.15, -0.1) is 12.4 Å². The third-order valence-electron chi connectivity index (χ3n) is 6.87. The van der Waals surface area contributed by atoms with Crippen LogP contribution in [0.5, 0.6) is 0 Å². The van der Waals surface area contributed by atoms with E-state index in [1.807, 2.05) is 38.1 Å². The fourth-order valence-corrected chi connectivity index (χ4v) is 5.43. The minimum atomic E-state index is -0.494. The van der Waals surface area contributed by atoms with E-state index in [0.29, 0.717) is 12.1 Å². The van der Waals surface area contributed by atoms with Gasteiger partial charge in [-0.3, -0.25) is 9.69 Å². The number of ether oxygens (including phenoxy) is 1. The normalized spacial score (nSPS) is 22.8. The molecule has 3 heterocycles. The fraction of sp³-hybridized carbons (Fsp3) is 0.600. The zero-order valence-corrected chi connectivity index (χ0v) is 19.9. The predicted octanol–water partition coefficient (Wildman–Crippen LogP) is 4.32. The lowest BCUT2D eigenvalue weighted by Crippen LogP contribution is -2.46. The van der Waals surface area contributed by atoms with Crippen molar-refractivity contribution in [1.82, 2.24) is 9.47 Å². The van der Waals surface area contributed by atoms with Crippen LogP contribution in [-0.2, 0) is 4.74 Å². The summed E-state index contributed by atoms with van der Waals surface area (Å²) >= 11 is 0. The maximum absolute atomic E-state index is 13.1. The first kappa shape index (κ1) is 24.7. The number of para-hydroxylation sites is 1. The number of carbonyl (C=O) groups excluding carboxylic acids is 1. The maximum atomic E-state index is 13.1. The monoisotopic (exact) mass is 462 g/mol. The Labute approximate surface area is 196 Å². The number of rotatable bonds is 8. The fourth-order valence-electron chi connectivity index (χ4n) is 5.43. The van der Waals surface area contributed by atoms with E-state index < -0.39 is 5.97 Å². The molecule has 6 nitrogen and oxygen atoms in total. The van der Waals surface area contributed by atoms with E-state index in [1.165, 1.54) is 0 Å². The van der Waals surface area contributed by atoms with Crippen molar-refractivity contribution in [3.8, 4) is 0 Å². The number of unbranched alkanes of at least 4 members (excludes halogenated alkanes) is 2. The maximum Gasteiger partial charge on any atom is 0.344 e. The van der Waals surface area contributed by atoms with Crippen molar-refractivity contribution >= 4 is 29.3 Å². The molecule has 176 valence electrons. The highest BCUT2D eigenvalue weighted by molar-refractivity contribution is 5.94. The highest BCUT2D eigenvalue weighted by Gasteiger charge is 2.41. The first-order valence-electron chi connectivity index (χ1n) is 11.7. The SMILES string of the molecule is CC(C)n1c(=O)c(C(=O)O[C@H]2C[C@H]3CC[C@@H](C2)N3CCCCCO)cc2ccccc21.Cl. The number of hydrogen-bond acceptors (Lipinski definition) is 5. The van der Waals surface area contributed by atoms with Gasteiger partial charge >= 0.3 is 5.97 Å². The summed E-state index contributed by atoms with van der Waals surface area (Å²) in [5.74, 6) is -0.494. The molecule has 0 amide bonds. The van der Waals surface area contributed by atoms with Crippen molar-refractivity contribution in [3.05, 3.63) is 46.2 Å². The lowest BCUT2D eigenvalue weighted by molar-refractivity contribution is -0.00653. The smallest absolute Gasteiger partial charge is 0.344 e. The lowest BCUT2D eigenvalue weighted by Gasteiger charge is -2.38. The van der Waals surface area contributed by atoms with E-state index in [0.717, 1.165) is 62.4 Å². The van der Waals surface area contributed by atoms with Gasteiger partial charge in [0, 0.05) is 37.6 Å². The molecule has 2 aromatic rings. The van der Waals surface area contributed by atoms with Gasteiger partial charge in [0.2, 0.25) is 0 Å². The highest BCUT2D eigenvalue weighted by atomic mass is 35.5. The summed E-state index contributed by atoms with van der Waals surface area (Å²) in [6.07, 6.45) is 6.87. The average molecular weight is 463 g/mol. The second-order valence-electron chi connectivity index (χ2n) is 9.29. The molecule has 1 aromatic heterocycles. The number of nitrogens with zero attached hydrogens (tertiary/aromatic N) is 2. The van der Waals surface area contributed by atoms with Crippen LogP contribution in [-0.4, -0.2) is 51.9 Å². The molecular formula is C25H35ClN2O4. The Balaban J connectivity index is 0.00000289. The summed E-state index contributed by atoms with van der Waals surface area (Å²) in [6.45, 7) is 5.23. The molecule has 0 saturated carbocycles. The Morgan fingerprint density at radius 3 is 2.47 bits per heavy atom. The van der Waals surface area contributed by atoms with Gasteiger partial charge in [0.1, 0.15) is 11.7 Å². The van der Waals surface area contributed by atoms with Crippen molar-refractivity contribution < 1.29 is 14.6 Å². The number of esters is 1. The first-order valence-corrected chi connectivity index (χ1v) is 11.7. The van der Waals surface area contributed by atoms with Gasteiger partial charge in [0.05, 0.1) is 5.52 Å². The number of hydrogen-bond donors (Lipinski definition) is 1. The molecule has 2 fully saturated rings. The van der Waals surface area contributed by atoms with Crippen LogP contribution in [0.15, 0.2) is 35.1 Å². The lowest BCUT2D eigenvalue weighted by atomic mass is 9.99. The van der Waals surface area contributed by atoms with Gasteiger partial charge in [0.25, 0.3) is 5.56 Å². The average Bonchev–Trinajstić information content (AvgIpc) is 2.98. The highest BCUT2D eigenvalue weighted by Crippen LogP contribution is 2.37. The predicted molar refractivity (Wildman–Crippen MR) is 129 cm³/mol. The molecule has 2 aliphatic heterocycles. The molecule has 2 aliphatic rings. The van der Waals surface area contributed by atoms with Crippen LogP contribution in [0.1, 0.15) is 75.2 Å². The van der Waals surface area contributed by atoms with E-state index >= 15 is 0 Å². The second kappa shape index (κ2) is 10.8. The molecule has 1 aromatic carbocycles. The van der Waals surface area contributed by atoms with E-state index in [-0.39, 0.29) is 42.3 Å². The molecule has 7 heteroatoms. The Hall–Kier alpha value is -1.89. The Kier molecular flexibility index (Phi) is 8.37. The largest absolute Gasteiger partial charge is 0.459 e. The minimum absolute atomic E-state index is 0. The van der Waals surface area contributed by atoms with Crippen LogP contribution in [0, 0.1) is 0 Å². The topological polar surface area (TPSA) is 71.8 Å². The van der Waals surface area contributed by atoms with Gasteiger partial charge in [-0.1, -0.05) is 18.2 Å². The zero-order chi connectivity index (χ0) is 22.0. The molecular weight excluding hydrogens is 428 g/mol. The minimum Gasteiger partial charge on any atom is -0.459 e. The molecule has 3 atom stereocenters. The summed E-state index contributed by atoms with van der Waals surface area (Å²) in [4.78, 5) is 28.7. The summed E-state index contributed by atoms with van der Waals surface area (Å²) in [6, 6.07) is 10.2. The number of carbonyl (C=O) groups is 1. The van der Waals surface area contributed by atoms with E-state index in [2.05, 4.69) is 4.90 Å². The number of halogens is 1. The molecule has 0 aliphatic carbocycles. The molecule has 32 heavy (non-hydrogen) atoms. The number of fused-ring (bicyclic) bond motifs is 3. The Morgan fingerprint density at radius 2 is 1.81 bits per heavy atom. The van der Waals surface area contributed by atoms with Gasteiger partial charge in [0.15, 0.2) is 0 Å². The molecule has 2 saturated heterocycles. The summed E-state index contributed by atoms with van der Waals surface area (Å²) in [5.41, 5.74) is 0.695. The quantitative estimate of drug-likeness (QED) is 0.467. The van der Waals surface area contributed by atoms with Crippen molar-refractivity contribution in [2.24, 2.45) is 0 Å². The van der Waals surface area contributed by atoms with Gasteiger partial charge in [-0.05, 0) is 70.0 Å². The first-order chi connectivity index (χ1) is 15.0. The summed E-state index contributed by atoms with van der Waals surface area (Å²) in [5, 5.41) is 9.85. The van der Waals surface area contributed by atoms with Crippen LogP contribution in [0.3, 0.4) is 0 Å². The van der Waals surface area contributed by atoms with Crippen LogP contribution >= 0.6 is 12.4 Å². The molecule has 2 bridgehead atoms. The summed E-state index contributed by atoms with van der Waals surface area (Å²) in [7, 11) is 0. The van der Waals surface area contributed by atoms with E-state index in [9.17, 15) is 9.59 Å². The van der Waals surface area contributed by atoms with Gasteiger partial charge in [-0.2, -0.15) is 0 Å². The van der Waals surface area contributed by atoms with Crippen molar-refractivity contribution in [3.63, 3.8) is 0 Å². The van der Waals surface area contributed by atoms with Crippen LogP contribution in [0.4, 0.5) is 0 Å². The number of pyridine rings is 1. The third-order valence-corrected chi connectivity index (χ3v) is 6.87. The van der Waals surface area contributed by atoms with Crippen LogP contribution < -0.4 is 5.56 Å². The summed E-state index contributed by atoms with van der Waals surface area (Å²) < 4.78 is 7.59. The Morgan fingerprint density at radius 1 is 1.12 bits per heavy atom. The van der Waals surface area contributed by atoms with E-state index in [4.69, 9.17) is 9.84 Å². The van der Waals surface area contributed by atoms with Crippen molar-refractivity contribution in [1.29, 1.82) is 0 Å². The van der Waals surface area contributed by atoms with Gasteiger partial charge in [-0.25, -0.2) is 4.79 Å². The molecule has 4 rings (SSSR count). The molecule has 1 N–H and O–H groups in total. The van der Waals surface area contributed by atoms with Crippen molar-refractivity contribution in [2.75, 3.05) is 13.2 Å². The number of aliphatic hydroxyl groups is 1. The standard InChI is InChI=1S/C25H34N2O4.ClH/c1-17(2)27-23-9-5-4-8-18(23)14-22(24(27)29)25(30)31-21-15-19-10-11-20(16-21)26(19)12-6-3-7-13-28;/h4-5,8-9,14,17,19-21,28H,3,6-7,10-13,15-16H2,1-2H3;1H/t19-,20+,21+;. The number of aliphatic hydroxyl groups excluding tert-OH is 1. The molecule has 0 spiro atoms. The van der Waals surface area contributed by atoms with Gasteiger partial charge < -0.3 is 14.4 Å². The second-order valence-corrected chi connectivity index (χ2v) is 9.29. The Bertz CT molecular complexity index is 976. The number of benzene rings is 1. The van der Waals surface area contributed by atoms with Crippen LogP contribution in [0.2, 0.25) is 0 Å². The number of piperidine rings is 1. The number of aromatic nitrogens is 1. The van der Waals surface area contributed by atoms with Crippen molar-refractivity contribution in [2.45, 2.75) is 83.0 Å². The molecule has 0 unspecified atom stereocenters. The van der Waals surface area contributed by atoms with Crippen LogP contribution in [0.25, 0.3) is 10.9 Å². The molecule has 0 radical (unpaired) electrons.